The van der Waals surface area contributed by atoms with Gasteiger partial charge in [0.1, 0.15) is 5.82 Å². The fourth-order valence-electron chi connectivity index (χ4n) is 4.21. The van der Waals surface area contributed by atoms with E-state index in [1.165, 1.54) is 42.6 Å². The largest absolute Gasteiger partial charge is 0.478 e. The van der Waals surface area contributed by atoms with E-state index in [1.807, 2.05) is 20.2 Å². The Morgan fingerprint density at radius 2 is 2.00 bits per heavy atom. The third kappa shape index (κ3) is 4.50. The molecule has 0 amide bonds. The number of piperidine rings is 1. The standard InChI is InChI=1S/C24H27FN4O3/c1-15-6-4-5-11-29(15)21-10-8-17(12-18(21)14-28(2)3)23-26-22(27-32-23)16-7-9-19(24(30)31)20(25)13-16/h7-10,12-13,15H,4-6,11,14H2,1-3H3,(H,30,31). The molecule has 168 valence electrons. The van der Waals surface area contributed by atoms with Crippen molar-refractivity contribution < 1.29 is 18.8 Å². The summed E-state index contributed by atoms with van der Waals surface area (Å²) in [4.78, 5) is 20.1. The van der Waals surface area contributed by atoms with Crippen molar-refractivity contribution in [1.29, 1.82) is 0 Å². The van der Waals surface area contributed by atoms with Crippen LogP contribution in [0.4, 0.5) is 10.1 Å². The van der Waals surface area contributed by atoms with Crippen LogP contribution < -0.4 is 4.90 Å². The lowest BCUT2D eigenvalue weighted by Crippen LogP contribution is -2.38. The molecule has 1 unspecified atom stereocenters. The summed E-state index contributed by atoms with van der Waals surface area (Å²) >= 11 is 0. The first-order valence-electron chi connectivity index (χ1n) is 10.7. The summed E-state index contributed by atoms with van der Waals surface area (Å²) in [7, 11) is 4.08. The second-order valence-corrected chi connectivity index (χ2v) is 8.54. The number of rotatable bonds is 6. The van der Waals surface area contributed by atoms with Gasteiger partial charge in [-0.15, -0.1) is 0 Å². The fraction of sp³-hybridized carbons (Fsp3) is 0.375. The summed E-state index contributed by atoms with van der Waals surface area (Å²) < 4.78 is 19.5. The van der Waals surface area contributed by atoms with Crippen LogP contribution in [-0.4, -0.2) is 52.8 Å². The van der Waals surface area contributed by atoms with Crippen LogP contribution in [0.3, 0.4) is 0 Å². The molecule has 1 N–H and O–H groups in total. The van der Waals surface area contributed by atoms with Crippen molar-refractivity contribution in [2.75, 3.05) is 25.5 Å². The van der Waals surface area contributed by atoms with Gasteiger partial charge in [-0.1, -0.05) is 5.16 Å². The maximum atomic E-state index is 14.1. The van der Waals surface area contributed by atoms with E-state index in [0.717, 1.165) is 24.7 Å². The van der Waals surface area contributed by atoms with E-state index in [9.17, 15) is 9.18 Å². The Bertz CT molecular complexity index is 1130. The first-order valence-corrected chi connectivity index (χ1v) is 10.7. The Morgan fingerprint density at radius 1 is 1.22 bits per heavy atom. The molecule has 7 nitrogen and oxygen atoms in total. The number of carbonyl (C=O) groups is 1. The molecule has 0 spiro atoms. The summed E-state index contributed by atoms with van der Waals surface area (Å²) in [6.07, 6.45) is 3.64. The van der Waals surface area contributed by atoms with Crippen molar-refractivity contribution in [2.24, 2.45) is 0 Å². The van der Waals surface area contributed by atoms with Crippen LogP contribution in [0.1, 0.15) is 42.1 Å². The molecule has 0 saturated carbocycles. The van der Waals surface area contributed by atoms with Gasteiger partial charge in [0.25, 0.3) is 5.89 Å². The van der Waals surface area contributed by atoms with Crippen LogP contribution in [0.5, 0.6) is 0 Å². The van der Waals surface area contributed by atoms with Crippen molar-refractivity contribution in [2.45, 2.75) is 38.8 Å². The minimum atomic E-state index is -1.32. The van der Waals surface area contributed by atoms with E-state index in [4.69, 9.17) is 9.63 Å². The van der Waals surface area contributed by atoms with Gasteiger partial charge in [0, 0.05) is 35.9 Å². The first kappa shape index (κ1) is 22.0. The van der Waals surface area contributed by atoms with Gasteiger partial charge in [0.05, 0.1) is 5.56 Å². The van der Waals surface area contributed by atoms with Crippen molar-refractivity contribution in [1.82, 2.24) is 15.0 Å². The van der Waals surface area contributed by atoms with Crippen molar-refractivity contribution in [3.05, 3.63) is 53.3 Å². The number of aromatic carboxylic acids is 1. The summed E-state index contributed by atoms with van der Waals surface area (Å²) in [5.41, 5.74) is 3.15. The lowest BCUT2D eigenvalue weighted by molar-refractivity contribution is 0.0692. The zero-order chi connectivity index (χ0) is 22.8. The van der Waals surface area contributed by atoms with Crippen LogP contribution >= 0.6 is 0 Å². The average Bonchev–Trinajstić information content (AvgIpc) is 3.24. The normalized spacial score (nSPS) is 16.5. The lowest BCUT2D eigenvalue weighted by atomic mass is 9.99. The monoisotopic (exact) mass is 438 g/mol. The second kappa shape index (κ2) is 9.08. The van der Waals surface area contributed by atoms with Gasteiger partial charge in [-0.25, -0.2) is 9.18 Å². The van der Waals surface area contributed by atoms with Gasteiger partial charge in [0.15, 0.2) is 0 Å². The fourth-order valence-corrected chi connectivity index (χ4v) is 4.21. The summed E-state index contributed by atoms with van der Waals surface area (Å²) in [5, 5.41) is 13.0. The minimum Gasteiger partial charge on any atom is -0.478 e. The zero-order valence-corrected chi connectivity index (χ0v) is 18.5. The second-order valence-electron chi connectivity index (χ2n) is 8.54. The first-order chi connectivity index (χ1) is 15.3. The summed E-state index contributed by atoms with van der Waals surface area (Å²) in [6.45, 7) is 4.09. The van der Waals surface area contributed by atoms with E-state index in [0.29, 0.717) is 17.5 Å². The van der Waals surface area contributed by atoms with E-state index in [1.54, 1.807) is 0 Å². The molecule has 2 heterocycles. The van der Waals surface area contributed by atoms with Crippen molar-refractivity contribution in [3.63, 3.8) is 0 Å². The Balaban J connectivity index is 1.66. The average molecular weight is 439 g/mol. The van der Waals surface area contributed by atoms with E-state index in [2.05, 4.69) is 39.0 Å². The van der Waals surface area contributed by atoms with E-state index < -0.39 is 17.3 Å². The number of benzene rings is 2. The molecule has 2 aromatic carbocycles. The van der Waals surface area contributed by atoms with E-state index >= 15 is 0 Å². The Morgan fingerprint density at radius 3 is 2.69 bits per heavy atom. The highest BCUT2D eigenvalue weighted by molar-refractivity contribution is 5.88. The maximum absolute atomic E-state index is 14.1. The van der Waals surface area contributed by atoms with Crippen molar-refractivity contribution in [3.8, 4) is 22.8 Å². The molecule has 1 saturated heterocycles. The molecular formula is C24H27FN4O3. The molecule has 1 atom stereocenters. The molecule has 1 aromatic heterocycles. The molecule has 8 heteroatoms. The molecule has 4 rings (SSSR count). The molecule has 1 aliphatic heterocycles. The molecule has 3 aromatic rings. The van der Waals surface area contributed by atoms with Gasteiger partial charge in [-0.3, -0.25) is 0 Å². The summed E-state index contributed by atoms with van der Waals surface area (Å²) in [5.74, 6) is -1.62. The SMILES string of the molecule is CC1CCCCN1c1ccc(-c2nc(-c3ccc(C(=O)O)c(F)c3)no2)cc1CN(C)C. The molecular weight excluding hydrogens is 411 g/mol. The Labute approximate surface area is 186 Å². The Kier molecular flexibility index (Phi) is 6.23. The molecule has 32 heavy (non-hydrogen) atoms. The van der Waals surface area contributed by atoms with E-state index in [-0.39, 0.29) is 5.82 Å². The van der Waals surface area contributed by atoms with Gasteiger partial charge < -0.3 is 19.4 Å². The molecule has 0 radical (unpaired) electrons. The van der Waals surface area contributed by atoms with Crippen LogP contribution in [0, 0.1) is 5.82 Å². The Hall–Kier alpha value is -3.26. The number of carboxylic acids is 1. The number of halogens is 1. The quantitative estimate of drug-likeness (QED) is 0.598. The van der Waals surface area contributed by atoms with Gasteiger partial charge in [-0.2, -0.15) is 4.98 Å². The highest BCUT2D eigenvalue weighted by atomic mass is 19.1. The predicted molar refractivity (Wildman–Crippen MR) is 120 cm³/mol. The van der Waals surface area contributed by atoms with Gasteiger partial charge in [-0.05, 0) is 82.2 Å². The smallest absolute Gasteiger partial charge is 0.338 e. The van der Waals surface area contributed by atoms with Gasteiger partial charge >= 0.3 is 5.97 Å². The number of anilines is 1. The van der Waals surface area contributed by atoms with Crippen LogP contribution in [-0.2, 0) is 6.54 Å². The number of aromatic nitrogens is 2. The molecule has 1 fully saturated rings. The topological polar surface area (TPSA) is 82.7 Å². The van der Waals surface area contributed by atoms with Crippen LogP contribution in [0.25, 0.3) is 22.8 Å². The number of hydrogen-bond donors (Lipinski definition) is 1. The maximum Gasteiger partial charge on any atom is 0.338 e. The number of nitrogens with zero attached hydrogens (tertiary/aromatic N) is 4. The predicted octanol–water partition coefficient (Wildman–Crippen LogP) is 4.68. The lowest BCUT2D eigenvalue weighted by Gasteiger charge is -2.37. The zero-order valence-electron chi connectivity index (χ0n) is 18.5. The number of carboxylic acid groups (broad SMARTS) is 1. The third-order valence-corrected chi connectivity index (χ3v) is 5.81. The van der Waals surface area contributed by atoms with Gasteiger partial charge in [0.2, 0.25) is 5.82 Å². The number of hydrogen-bond acceptors (Lipinski definition) is 6. The minimum absolute atomic E-state index is 0.207. The highest BCUT2D eigenvalue weighted by Crippen LogP contribution is 2.32. The van der Waals surface area contributed by atoms with Crippen LogP contribution in [0.2, 0.25) is 0 Å². The summed E-state index contributed by atoms with van der Waals surface area (Å²) in [6, 6.07) is 10.4. The molecule has 1 aliphatic rings. The molecule has 0 bridgehead atoms. The van der Waals surface area contributed by atoms with Crippen molar-refractivity contribution >= 4 is 11.7 Å². The van der Waals surface area contributed by atoms with Crippen LogP contribution in [0.15, 0.2) is 40.9 Å². The highest BCUT2D eigenvalue weighted by Gasteiger charge is 2.22. The molecule has 0 aliphatic carbocycles. The third-order valence-electron chi connectivity index (χ3n) is 5.81.